The number of aliphatic hydroxyl groups is 1. The Labute approximate surface area is 242 Å². The molecule has 3 heterocycles. The Balaban J connectivity index is 1.07. The van der Waals surface area contributed by atoms with Crippen LogP contribution in [0, 0.1) is 11.8 Å². The number of aliphatic hydroxyl groups excluding tert-OH is 1. The topological polar surface area (TPSA) is 79.1 Å². The van der Waals surface area contributed by atoms with E-state index in [-0.39, 0.29) is 19.2 Å². The Kier molecular flexibility index (Phi) is 10.6. The highest BCUT2D eigenvalue weighted by Gasteiger charge is 2.47. The maximum Gasteiger partial charge on any atom is 0.253 e. The molecule has 2 aromatic rings. The fraction of sp³-hybridized carbons (Fsp3) is 0.677. The first-order valence-corrected chi connectivity index (χ1v) is 16.2. The van der Waals surface area contributed by atoms with Crippen LogP contribution >= 0.6 is 11.9 Å². The summed E-state index contributed by atoms with van der Waals surface area (Å²) in [6.07, 6.45) is 11.4. The Morgan fingerprint density at radius 1 is 1.12 bits per heavy atom. The van der Waals surface area contributed by atoms with Gasteiger partial charge in [-0.05, 0) is 87.8 Å². The molecule has 0 atom stereocenters. The molecule has 5 rings (SSSR count). The third-order valence-corrected chi connectivity index (χ3v) is 10.1. The lowest BCUT2D eigenvalue weighted by molar-refractivity contribution is -0.124. The minimum atomic E-state index is -0.576. The first kappa shape index (κ1) is 29.5. The number of aliphatic imine (C=N–C) groups is 1. The number of nitrogens with zero attached hydrogens (tertiary/aromatic N) is 3. The van der Waals surface area contributed by atoms with Crippen LogP contribution in [0.2, 0.25) is 0 Å². The second-order valence-corrected chi connectivity index (χ2v) is 12.8. The lowest BCUT2D eigenvalue weighted by atomic mass is 9.79. The molecule has 2 N–H and O–H groups in total. The van der Waals surface area contributed by atoms with Gasteiger partial charge in [0, 0.05) is 61.6 Å². The number of ether oxygens (including phenoxy) is 1. The Bertz CT molecular complexity index is 1140. The van der Waals surface area contributed by atoms with Crippen LogP contribution in [0.15, 0.2) is 35.5 Å². The second kappa shape index (κ2) is 14.3. The summed E-state index contributed by atoms with van der Waals surface area (Å²) in [5, 5.41) is 13.4. The average Bonchev–Trinajstić information content (AvgIpc) is 3.54. The number of piperidine rings is 1. The van der Waals surface area contributed by atoms with E-state index in [2.05, 4.69) is 44.7 Å². The predicted molar refractivity (Wildman–Crippen MR) is 160 cm³/mol. The summed E-state index contributed by atoms with van der Waals surface area (Å²) in [6, 6.07) is 8.74. The van der Waals surface area contributed by atoms with Crippen LogP contribution in [0.5, 0.6) is 0 Å². The number of benzene rings is 1. The van der Waals surface area contributed by atoms with Gasteiger partial charge in [0.25, 0.3) is 5.91 Å². The SMILES string of the molecule is O=C1NC(C2CCC(CCCF)CC2)=NC12CCN(SCCc1cccc3c1ccn3CCOCCCO)CC2. The highest BCUT2D eigenvalue weighted by atomic mass is 32.2. The fourth-order valence-corrected chi connectivity index (χ4v) is 7.58. The average molecular weight is 573 g/mol. The summed E-state index contributed by atoms with van der Waals surface area (Å²) >= 11 is 1.89. The summed E-state index contributed by atoms with van der Waals surface area (Å²) in [7, 11) is 0. The van der Waals surface area contributed by atoms with Gasteiger partial charge in [0.2, 0.25) is 0 Å². The van der Waals surface area contributed by atoms with Gasteiger partial charge in [0.15, 0.2) is 0 Å². The quantitative estimate of drug-likeness (QED) is 0.242. The standard InChI is InChI=1S/C31H45FN4O3S/c32-15-2-4-24-7-9-26(10-8-24)29-33-30(38)31(34-29)13-17-36(18-14-31)40-23-12-25-5-1-6-28-27(25)11-16-35(28)19-22-39-21-3-20-37/h1,5-6,11,16,24,26,37H,2-4,7-10,12-15,17-23H2,(H,33,34,38). The number of rotatable bonds is 14. The van der Waals surface area contributed by atoms with Crippen LogP contribution in [-0.2, 0) is 22.5 Å². The van der Waals surface area contributed by atoms with Crippen LogP contribution in [0.4, 0.5) is 4.39 Å². The molecule has 1 aromatic heterocycles. The van der Waals surface area contributed by atoms with Crippen molar-refractivity contribution in [3.63, 3.8) is 0 Å². The van der Waals surface area contributed by atoms with Crippen molar-refractivity contribution in [1.29, 1.82) is 0 Å². The van der Waals surface area contributed by atoms with Crippen molar-refractivity contribution in [1.82, 2.24) is 14.2 Å². The molecule has 7 nitrogen and oxygen atoms in total. The number of alkyl halides is 1. The molecule has 40 heavy (non-hydrogen) atoms. The van der Waals surface area contributed by atoms with Crippen molar-refractivity contribution in [2.75, 3.05) is 45.3 Å². The highest BCUT2D eigenvalue weighted by Crippen LogP contribution is 2.37. The Hall–Kier alpha value is -1.94. The minimum absolute atomic E-state index is 0.0988. The van der Waals surface area contributed by atoms with E-state index in [1.54, 1.807) is 0 Å². The van der Waals surface area contributed by atoms with Gasteiger partial charge in [0.1, 0.15) is 11.4 Å². The molecule has 1 spiro atoms. The minimum Gasteiger partial charge on any atom is -0.396 e. The zero-order chi connectivity index (χ0) is 27.8. The molecular formula is C31H45FN4O3S. The molecule has 1 saturated heterocycles. The van der Waals surface area contributed by atoms with Gasteiger partial charge >= 0.3 is 0 Å². The van der Waals surface area contributed by atoms with Gasteiger partial charge in [-0.3, -0.25) is 18.5 Å². The summed E-state index contributed by atoms with van der Waals surface area (Å²) in [5.74, 6) is 3.02. The number of hydrogen-bond acceptors (Lipinski definition) is 6. The zero-order valence-corrected chi connectivity index (χ0v) is 24.5. The molecule has 0 bridgehead atoms. The molecule has 1 saturated carbocycles. The normalized spacial score (nSPS) is 23.1. The maximum absolute atomic E-state index is 13.0. The number of amides is 1. The molecule has 1 amide bonds. The fourth-order valence-electron chi connectivity index (χ4n) is 6.57. The number of fused-ring (bicyclic) bond motifs is 1. The third kappa shape index (κ3) is 7.09. The summed E-state index contributed by atoms with van der Waals surface area (Å²) in [4.78, 5) is 18.1. The molecule has 1 aliphatic carbocycles. The molecule has 2 aliphatic heterocycles. The van der Waals surface area contributed by atoms with Crippen LogP contribution in [0.1, 0.15) is 63.4 Å². The van der Waals surface area contributed by atoms with Crippen molar-refractivity contribution >= 4 is 34.6 Å². The van der Waals surface area contributed by atoms with Crippen LogP contribution in [0.25, 0.3) is 10.9 Å². The third-order valence-electron chi connectivity index (χ3n) is 9.00. The van der Waals surface area contributed by atoms with Crippen LogP contribution in [-0.4, -0.2) is 76.6 Å². The number of halogens is 1. The predicted octanol–water partition coefficient (Wildman–Crippen LogP) is 5.15. The number of carbonyl (C=O) groups is 1. The molecule has 2 fully saturated rings. The number of hydrogen-bond donors (Lipinski definition) is 2. The largest absolute Gasteiger partial charge is 0.396 e. The lowest BCUT2D eigenvalue weighted by Crippen LogP contribution is -2.47. The van der Waals surface area contributed by atoms with Gasteiger partial charge in [-0.1, -0.05) is 24.1 Å². The molecular weight excluding hydrogens is 527 g/mol. The maximum atomic E-state index is 13.0. The van der Waals surface area contributed by atoms with E-state index in [4.69, 9.17) is 14.8 Å². The van der Waals surface area contributed by atoms with Crippen LogP contribution in [0.3, 0.4) is 0 Å². The molecule has 1 aromatic carbocycles. The van der Waals surface area contributed by atoms with Crippen molar-refractivity contribution in [3.05, 3.63) is 36.0 Å². The number of nitrogens with one attached hydrogen (secondary N) is 1. The van der Waals surface area contributed by atoms with Crippen molar-refractivity contribution in [2.24, 2.45) is 16.8 Å². The van der Waals surface area contributed by atoms with E-state index in [1.807, 2.05) is 11.9 Å². The molecule has 0 unspecified atom stereocenters. The van der Waals surface area contributed by atoms with E-state index < -0.39 is 5.54 Å². The highest BCUT2D eigenvalue weighted by molar-refractivity contribution is 7.97. The molecule has 3 aliphatic rings. The van der Waals surface area contributed by atoms with Crippen LogP contribution < -0.4 is 5.32 Å². The first-order valence-electron chi connectivity index (χ1n) is 15.2. The Morgan fingerprint density at radius 3 is 2.73 bits per heavy atom. The molecule has 220 valence electrons. The van der Waals surface area contributed by atoms with E-state index in [1.165, 1.54) is 16.5 Å². The molecule has 9 heteroatoms. The number of aromatic nitrogens is 1. The number of aryl methyl sites for hydroxylation is 1. The van der Waals surface area contributed by atoms with E-state index >= 15 is 0 Å². The van der Waals surface area contributed by atoms with Crippen molar-refractivity contribution in [3.8, 4) is 0 Å². The van der Waals surface area contributed by atoms with E-state index in [9.17, 15) is 9.18 Å². The monoisotopic (exact) mass is 572 g/mol. The molecule has 0 radical (unpaired) electrons. The van der Waals surface area contributed by atoms with Gasteiger partial charge in [-0.2, -0.15) is 0 Å². The van der Waals surface area contributed by atoms with Gasteiger partial charge < -0.3 is 19.7 Å². The lowest BCUT2D eigenvalue weighted by Gasteiger charge is -2.34. The van der Waals surface area contributed by atoms with Crippen molar-refractivity contribution < 1.29 is 19.0 Å². The number of amidine groups is 1. The zero-order valence-electron chi connectivity index (χ0n) is 23.7. The summed E-state index contributed by atoms with van der Waals surface area (Å²) in [6.45, 7) is 3.76. The second-order valence-electron chi connectivity index (χ2n) is 11.6. The first-order chi connectivity index (χ1) is 19.6. The van der Waals surface area contributed by atoms with E-state index in [0.29, 0.717) is 37.9 Å². The number of carbonyl (C=O) groups excluding carboxylic acids is 1. The van der Waals surface area contributed by atoms with Gasteiger partial charge in [-0.15, -0.1) is 0 Å². The summed E-state index contributed by atoms with van der Waals surface area (Å²) < 4.78 is 22.8. The Morgan fingerprint density at radius 2 is 1.95 bits per heavy atom. The van der Waals surface area contributed by atoms with Crippen molar-refractivity contribution in [2.45, 2.75) is 76.3 Å². The smallest absolute Gasteiger partial charge is 0.253 e. The van der Waals surface area contributed by atoms with Gasteiger partial charge in [0.05, 0.1) is 13.3 Å². The van der Waals surface area contributed by atoms with Gasteiger partial charge in [-0.25, -0.2) is 0 Å². The van der Waals surface area contributed by atoms with E-state index in [0.717, 1.165) is 82.6 Å². The summed E-state index contributed by atoms with van der Waals surface area (Å²) in [5.41, 5.74) is 2.03.